The van der Waals surface area contributed by atoms with Crippen molar-refractivity contribution in [3.05, 3.63) is 42.0 Å². The van der Waals surface area contributed by atoms with Gasteiger partial charge in [0.15, 0.2) is 0 Å². The zero-order valence-electron chi connectivity index (χ0n) is 11.1. The number of benzene rings is 1. The molecule has 0 aliphatic rings. The average molecular weight is 302 g/mol. The van der Waals surface area contributed by atoms with E-state index >= 15 is 0 Å². The predicted molar refractivity (Wildman–Crippen MR) is 70.2 cm³/mol. The van der Waals surface area contributed by atoms with E-state index in [1.165, 1.54) is 13.1 Å². The summed E-state index contributed by atoms with van der Waals surface area (Å²) in [7, 11) is 1.39. The van der Waals surface area contributed by atoms with Crippen LogP contribution in [0.15, 0.2) is 30.9 Å². The van der Waals surface area contributed by atoms with E-state index in [-0.39, 0.29) is 6.54 Å². The van der Waals surface area contributed by atoms with Gasteiger partial charge in [-0.3, -0.25) is 0 Å². The SMILES string of the molecule is C=CCN(C)C(=O)Nc1cc(C(F)(F)F)ccc1C(=O)O. The number of nitrogens with zero attached hydrogens (tertiary/aromatic N) is 1. The molecule has 0 aromatic heterocycles. The molecule has 0 saturated heterocycles. The summed E-state index contributed by atoms with van der Waals surface area (Å²) in [5, 5.41) is 11.1. The van der Waals surface area contributed by atoms with E-state index in [1.54, 1.807) is 0 Å². The third-order valence-corrected chi connectivity index (χ3v) is 2.57. The molecular weight excluding hydrogens is 289 g/mol. The van der Waals surface area contributed by atoms with Gasteiger partial charge in [-0.15, -0.1) is 6.58 Å². The number of aromatic carboxylic acids is 1. The van der Waals surface area contributed by atoms with Crippen molar-refractivity contribution >= 4 is 17.7 Å². The van der Waals surface area contributed by atoms with E-state index in [2.05, 4.69) is 11.9 Å². The molecule has 2 N–H and O–H groups in total. The van der Waals surface area contributed by atoms with Gasteiger partial charge >= 0.3 is 18.2 Å². The van der Waals surface area contributed by atoms with Gasteiger partial charge < -0.3 is 15.3 Å². The summed E-state index contributed by atoms with van der Waals surface area (Å²) in [4.78, 5) is 23.9. The Morgan fingerprint density at radius 1 is 1.43 bits per heavy atom. The van der Waals surface area contributed by atoms with Crippen LogP contribution in [0.1, 0.15) is 15.9 Å². The molecule has 21 heavy (non-hydrogen) atoms. The molecule has 114 valence electrons. The van der Waals surface area contributed by atoms with Crippen molar-refractivity contribution in [3.63, 3.8) is 0 Å². The number of carbonyl (C=O) groups excluding carboxylic acids is 1. The molecule has 0 aliphatic carbocycles. The highest BCUT2D eigenvalue weighted by atomic mass is 19.4. The largest absolute Gasteiger partial charge is 0.478 e. The second kappa shape index (κ2) is 6.29. The van der Waals surface area contributed by atoms with Crippen molar-refractivity contribution in [2.24, 2.45) is 0 Å². The number of carbonyl (C=O) groups is 2. The molecule has 0 saturated carbocycles. The maximum atomic E-state index is 12.6. The van der Waals surface area contributed by atoms with E-state index in [0.29, 0.717) is 12.1 Å². The molecule has 2 amide bonds. The fourth-order valence-electron chi connectivity index (χ4n) is 1.50. The highest BCUT2D eigenvalue weighted by molar-refractivity contribution is 6.00. The number of urea groups is 1. The number of amides is 2. The number of rotatable bonds is 4. The minimum atomic E-state index is -4.64. The second-order valence-corrected chi connectivity index (χ2v) is 4.16. The zero-order chi connectivity index (χ0) is 16.2. The molecule has 1 aromatic carbocycles. The maximum Gasteiger partial charge on any atom is 0.416 e. The van der Waals surface area contributed by atoms with Crippen LogP contribution in [0.25, 0.3) is 0 Å². The van der Waals surface area contributed by atoms with Crippen molar-refractivity contribution in [1.29, 1.82) is 0 Å². The van der Waals surface area contributed by atoms with E-state index in [0.717, 1.165) is 11.0 Å². The molecule has 5 nitrogen and oxygen atoms in total. The summed E-state index contributed by atoms with van der Waals surface area (Å²) in [5.74, 6) is -1.44. The smallest absolute Gasteiger partial charge is 0.416 e. The first kappa shape index (κ1) is 16.5. The lowest BCUT2D eigenvalue weighted by Gasteiger charge is -2.18. The topological polar surface area (TPSA) is 69.6 Å². The number of halogens is 3. The Hall–Kier alpha value is -2.51. The monoisotopic (exact) mass is 302 g/mol. The maximum absolute atomic E-state index is 12.6. The van der Waals surface area contributed by atoms with Gasteiger partial charge in [-0.05, 0) is 18.2 Å². The van der Waals surface area contributed by atoms with Crippen molar-refractivity contribution in [1.82, 2.24) is 4.90 Å². The van der Waals surface area contributed by atoms with Crippen LogP contribution < -0.4 is 5.32 Å². The van der Waals surface area contributed by atoms with Gasteiger partial charge in [0.25, 0.3) is 0 Å². The van der Waals surface area contributed by atoms with Crippen molar-refractivity contribution in [3.8, 4) is 0 Å². The summed E-state index contributed by atoms with van der Waals surface area (Å²) in [6.07, 6.45) is -3.21. The Bertz CT molecular complexity index is 570. The third kappa shape index (κ3) is 4.23. The van der Waals surface area contributed by atoms with E-state index in [1.807, 2.05) is 0 Å². The van der Waals surface area contributed by atoms with E-state index < -0.39 is 35.0 Å². The van der Waals surface area contributed by atoms with Crippen LogP contribution >= 0.6 is 0 Å². The molecule has 0 spiro atoms. The first-order valence-corrected chi connectivity index (χ1v) is 5.74. The number of carboxylic acids is 1. The molecule has 0 unspecified atom stereocenters. The number of anilines is 1. The van der Waals surface area contributed by atoms with Crippen molar-refractivity contribution in [2.45, 2.75) is 6.18 Å². The van der Waals surface area contributed by atoms with Gasteiger partial charge in [0.05, 0.1) is 16.8 Å². The lowest BCUT2D eigenvalue weighted by atomic mass is 10.1. The van der Waals surface area contributed by atoms with Gasteiger partial charge in [-0.2, -0.15) is 13.2 Å². The molecule has 8 heteroatoms. The zero-order valence-corrected chi connectivity index (χ0v) is 11.1. The van der Waals surface area contributed by atoms with E-state index in [9.17, 15) is 22.8 Å². The molecule has 0 heterocycles. The van der Waals surface area contributed by atoms with Crippen LogP contribution in [0.3, 0.4) is 0 Å². The highest BCUT2D eigenvalue weighted by Crippen LogP contribution is 2.32. The highest BCUT2D eigenvalue weighted by Gasteiger charge is 2.31. The minimum Gasteiger partial charge on any atom is -0.478 e. The summed E-state index contributed by atoms with van der Waals surface area (Å²) < 4.78 is 37.9. The Labute approximate surface area is 118 Å². The first-order chi connectivity index (χ1) is 9.66. The van der Waals surface area contributed by atoms with Crippen LogP contribution in [0.4, 0.5) is 23.7 Å². The standard InChI is InChI=1S/C13H13F3N2O3/c1-3-6-18(2)12(21)17-10-7-8(13(14,15)16)4-5-9(10)11(19)20/h3-5,7H,1,6H2,2H3,(H,17,21)(H,19,20). The van der Waals surface area contributed by atoms with Gasteiger partial charge in [0.1, 0.15) is 0 Å². The normalized spacial score (nSPS) is 10.9. The number of alkyl halides is 3. The number of nitrogens with one attached hydrogen (secondary N) is 1. The van der Waals surface area contributed by atoms with Crippen molar-refractivity contribution < 1.29 is 27.9 Å². The van der Waals surface area contributed by atoms with Crippen LogP contribution in [-0.4, -0.2) is 35.6 Å². The van der Waals surface area contributed by atoms with Gasteiger partial charge in [-0.25, -0.2) is 9.59 Å². The van der Waals surface area contributed by atoms with Crippen LogP contribution in [0, 0.1) is 0 Å². The van der Waals surface area contributed by atoms with Crippen molar-refractivity contribution in [2.75, 3.05) is 18.9 Å². The Kier molecular flexibility index (Phi) is 4.96. The second-order valence-electron chi connectivity index (χ2n) is 4.16. The molecule has 0 bridgehead atoms. The summed E-state index contributed by atoms with van der Waals surface area (Å²) in [5.41, 5.74) is -1.89. The van der Waals surface area contributed by atoms with Gasteiger partial charge in [0, 0.05) is 13.6 Å². The first-order valence-electron chi connectivity index (χ1n) is 5.74. The van der Waals surface area contributed by atoms with Crippen LogP contribution in [-0.2, 0) is 6.18 Å². The lowest BCUT2D eigenvalue weighted by molar-refractivity contribution is -0.137. The predicted octanol–water partition coefficient (Wildman–Crippen LogP) is 3.05. The molecule has 0 radical (unpaired) electrons. The third-order valence-electron chi connectivity index (χ3n) is 2.57. The average Bonchev–Trinajstić information content (AvgIpc) is 2.37. The number of hydrogen-bond donors (Lipinski definition) is 2. The summed E-state index contributed by atoms with van der Waals surface area (Å²) >= 11 is 0. The fourth-order valence-corrected chi connectivity index (χ4v) is 1.50. The number of hydrogen-bond acceptors (Lipinski definition) is 2. The van der Waals surface area contributed by atoms with Crippen LogP contribution in [0.2, 0.25) is 0 Å². The minimum absolute atomic E-state index is 0.160. The summed E-state index contributed by atoms with van der Waals surface area (Å²) in [6.45, 7) is 3.58. The Balaban J connectivity index is 3.15. The molecular formula is C13H13F3N2O3. The summed E-state index contributed by atoms with van der Waals surface area (Å²) in [6, 6.07) is 1.29. The van der Waals surface area contributed by atoms with E-state index in [4.69, 9.17) is 5.11 Å². The van der Waals surface area contributed by atoms with Gasteiger partial charge in [0.2, 0.25) is 0 Å². The molecule has 0 fully saturated rings. The van der Waals surface area contributed by atoms with Gasteiger partial charge in [-0.1, -0.05) is 6.08 Å². The molecule has 0 atom stereocenters. The molecule has 1 aromatic rings. The quantitative estimate of drug-likeness (QED) is 0.840. The molecule has 1 rings (SSSR count). The number of likely N-dealkylation sites (N-methyl/N-ethyl adjacent to an activating group) is 1. The fraction of sp³-hybridized carbons (Fsp3) is 0.231. The molecule has 0 aliphatic heterocycles. The lowest BCUT2D eigenvalue weighted by Crippen LogP contribution is -2.32. The number of carboxylic acid groups (broad SMARTS) is 1. The van der Waals surface area contributed by atoms with Crippen LogP contribution in [0.5, 0.6) is 0 Å². The Morgan fingerprint density at radius 3 is 2.52 bits per heavy atom. The Morgan fingerprint density at radius 2 is 2.05 bits per heavy atom.